The van der Waals surface area contributed by atoms with Crippen LogP contribution in [0.1, 0.15) is 12.6 Å². The number of aromatic nitrogens is 2. The van der Waals surface area contributed by atoms with Crippen LogP contribution in [0.15, 0.2) is 42.7 Å². The van der Waals surface area contributed by atoms with Gasteiger partial charge in [-0.25, -0.2) is 9.78 Å². The van der Waals surface area contributed by atoms with Crippen LogP contribution in [-0.2, 0) is 11.3 Å². The Balaban J connectivity index is 1.87. The predicted molar refractivity (Wildman–Crippen MR) is 76.4 cm³/mol. The van der Waals surface area contributed by atoms with Gasteiger partial charge in [0.1, 0.15) is 5.82 Å². The molecule has 0 bridgehead atoms. The number of carbonyl (C=O) groups excluding carboxylic acids is 1. The molecule has 2 aromatic heterocycles. The lowest BCUT2D eigenvalue weighted by Crippen LogP contribution is -2.14. The third-order valence-corrected chi connectivity index (χ3v) is 2.47. The van der Waals surface area contributed by atoms with Crippen molar-refractivity contribution in [3.8, 4) is 0 Å². The van der Waals surface area contributed by atoms with Crippen LogP contribution < -0.4 is 10.6 Å². The highest BCUT2D eigenvalue weighted by Gasteiger charge is 2.02. The fraction of sp³-hybridized carbons (Fsp3) is 0.214. The first-order chi connectivity index (χ1) is 9.78. The number of carbonyl (C=O) groups is 1. The van der Waals surface area contributed by atoms with Crippen molar-refractivity contribution < 1.29 is 9.53 Å². The van der Waals surface area contributed by atoms with Crippen molar-refractivity contribution in [2.75, 3.05) is 17.2 Å². The zero-order chi connectivity index (χ0) is 14.2. The average Bonchev–Trinajstić information content (AvgIpc) is 2.48. The van der Waals surface area contributed by atoms with Gasteiger partial charge in [0.2, 0.25) is 0 Å². The summed E-state index contributed by atoms with van der Waals surface area (Å²) in [6.45, 7) is 2.69. The van der Waals surface area contributed by atoms with Crippen LogP contribution in [0.5, 0.6) is 0 Å². The number of hydrogen-bond donors (Lipinski definition) is 2. The molecule has 0 aromatic carbocycles. The van der Waals surface area contributed by atoms with Crippen molar-refractivity contribution in [1.82, 2.24) is 9.97 Å². The van der Waals surface area contributed by atoms with E-state index in [2.05, 4.69) is 20.6 Å². The zero-order valence-corrected chi connectivity index (χ0v) is 11.2. The van der Waals surface area contributed by atoms with Gasteiger partial charge in [-0.3, -0.25) is 10.3 Å². The summed E-state index contributed by atoms with van der Waals surface area (Å²) in [4.78, 5) is 19.5. The Morgan fingerprint density at radius 3 is 2.80 bits per heavy atom. The summed E-state index contributed by atoms with van der Waals surface area (Å²) >= 11 is 0. The molecule has 104 valence electrons. The molecule has 2 aromatic rings. The average molecular weight is 272 g/mol. The molecule has 0 aliphatic rings. The molecule has 0 fully saturated rings. The highest BCUT2D eigenvalue weighted by molar-refractivity contribution is 5.83. The minimum absolute atomic E-state index is 0.329. The van der Waals surface area contributed by atoms with Crippen molar-refractivity contribution in [2.45, 2.75) is 13.5 Å². The third-order valence-electron chi connectivity index (χ3n) is 2.47. The van der Waals surface area contributed by atoms with Gasteiger partial charge in [0, 0.05) is 6.20 Å². The molecule has 0 aliphatic heterocycles. The molecule has 20 heavy (non-hydrogen) atoms. The van der Waals surface area contributed by atoms with Gasteiger partial charge in [-0.05, 0) is 31.2 Å². The summed E-state index contributed by atoms with van der Waals surface area (Å²) in [6, 6.07) is 9.29. The van der Waals surface area contributed by atoms with Gasteiger partial charge in [0.15, 0.2) is 0 Å². The van der Waals surface area contributed by atoms with Crippen LogP contribution in [0.25, 0.3) is 0 Å². The van der Waals surface area contributed by atoms with E-state index < -0.39 is 6.09 Å². The van der Waals surface area contributed by atoms with Crippen LogP contribution >= 0.6 is 0 Å². The molecule has 1 amide bonds. The lowest BCUT2D eigenvalue weighted by Gasteiger charge is -2.07. The molecule has 2 heterocycles. The number of hydrogen-bond acceptors (Lipinski definition) is 5. The van der Waals surface area contributed by atoms with E-state index in [4.69, 9.17) is 4.74 Å². The topological polar surface area (TPSA) is 76.1 Å². The molecule has 0 spiro atoms. The standard InChI is InChI=1S/C14H16N4O2/c1-2-20-14(19)18-13-7-6-12(10-17-13)16-9-11-5-3-4-8-15-11/h3-8,10,16H,2,9H2,1H3,(H,17,18,19). The summed E-state index contributed by atoms with van der Waals surface area (Å²) in [5.41, 5.74) is 1.80. The SMILES string of the molecule is CCOC(=O)Nc1ccc(NCc2ccccn2)cn1. The maximum Gasteiger partial charge on any atom is 0.412 e. The molecule has 0 aliphatic carbocycles. The fourth-order valence-corrected chi connectivity index (χ4v) is 1.54. The van der Waals surface area contributed by atoms with E-state index in [0.717, 1.165) is 11.4 Å². The second-order valence-electron chi connectivity index (χ2n) is 3.95. The fourth-order valence-electron chi connectivity index (χ4n) is 1.54. The van der Waals surface area contributed by atoms with E-state index in [1.807, 2.05) is 24.3 Å². The number of ether oxygens (including phenoxy) is 1. The Morgan fingerprint density at radius 2 is 2.15 bits per heavy atom. The van der Waals surface area contributed by atoms with Crippen LogP contribution in [0.4, 0.5) is 16.3 Å². The van der Waals surface area contributed by atoms with Gasteiger partial charge in [-0.1, -0.05) is 6.07 Å². The van der Waals surface area contributed by atoms with Crippen molar-refractivity contribution in [1.29, 1.82) is 0 Å². The molecule has 2 N–H and O–H groups in total. The summed E-state index contributed by atoms with van der Waals surface area (Å²) in [5, 5.41) is 5.73. The number of nitrogens with zero attached hydrogens (tertiary/aromatic N) is 2. The molecule has 0 saturated carbocycles. The number of amides is 1. The lowest BCUT2D eigenvalue weighted by atomic mass is 10.3. The number of rotatable bonds is 5. The molecule has 0 unspecified atom stereocenters. The van der Waals surface area contributed by atoms with Gasteiger partial charge < -0.3 is 10.1 Å². The summed E-state index contributed by atoms with van der Waals surface area (Å²) < 4.78 is 4.77. The highest BCUT2D eigenvalue weighted by atomic mass is 16.5. The molecule has 0 radical (unpaired) electrons. The van der Waals surface area contributed by atoms with Crippen LogP contribution in [-0.4, -0.2) is 22.7 Å². The summed E-state index contributed by atoms with van der Waals surface area (Å²) in [6.07, 6.45) is 2.89. The number of anilines is 2. The number of nitrogens with one attached hydrogen (secondary N) is 2. The van der Waals surface area contributed by atoms with E-state index >= 15 is 0 Å². The van der Waals surface area contributed by atoms with E-state index in [1.165, 1.54) is 0 Å². The smallest absolute Gasteiger partial charge is 0.412 e. The minimum Gasteiger partial charge on any atom is -0.450 e. The van der Waals surface area contributed by atoms with Crippen molar-refractivity contribution in [3.05, 3.63) is 48.4 Å². The maximum atomic E-state index is 11.2. The van der Waals surface area contributed by atoms with Crippen molar-refractivity contribution in [2.24, 2.45) is 0 Å². The quantitative estimate of drug-likeness (QED) is 0.875. The Labute approximate surface area is 117 Å². The molecule has 0 atom stereocenters. The Morgan fingerprint density at radius 1 is 1.25 bits per heavy atom. The highest BCUT2D eigenvalue weighted by Crippen LogP contribution is 2.10. The normalized spacial score (nSPS) is 9.85. The first-order valence-corrected chi connectivity index (χ1v) is 6.31. The van der Waals surface area contributed by atoms with Crippen molar-refractivity contribution >= 4 is 17.6 Å². The monoisotopic (exact) mass is 272 g/mol. The maximum absolute atomic E-state index is 11.2. The van der Waals surface area contributed by atoms with E-state index in [-0.39, 0.29) is 0 Å². The second kappa shape index (κ2) is 7.08. The van der Waals surface area contributed by atoms with Gasteiger partial charge in [-0.15, -0.1) is 0 Å². The van der Waals surface area contributed by atoms with E-state index in [1.54, 1.807) is 25.4 Å². The first kappa shape index (κ1) is 13.8. The Bertz CT molecular complexity index is 543. The lowest BCUT2D eigenvalue weighted by molar-refractivity contribution is 0.168. The zero-order valence-electron chi connectivity index (χ0n) is 11.2. The van der Waals surface area contributed by atoms with Crippen LogP contribution in [0, 0.1) is 0 Å². The van der Waals surface area contributed by atoms with Crippen molar-refractivity contribution in [3.63, 3.8) is 0 Å². The van der Waals surface area contributed by atoms with E-state index in [9.17, 15) is 4.79 Å². The largest absolute Gasteiger partial charge is 0.450 e. The third kappa shape index (κ3) is 4.24. The Kier molecular flexibility index (Phi) is 4.88. The molecule has 0 saturated heterocycles. The predicted octanol–water partition coefficient (Wildman–Crippen LogP) is 2.66. The first-order valence-electron chi connectivity index (χ1n) is 6.31. The van der Waals surface area contributed by atoms with Gasteiger partial charge in [0.05, 0.1) is 30.7 Å². The number of pyridine rings is 2. The second-order valence-corrected chi connectivity index (χ2v) is 3.95. The van der Waals surface area contributed by atoms with E-state index in [0.29, 0.717) is 19.0 Å². The molecule has 6 nitrogen and oxygen atoms in total. The van der Waals surface area contributed by atoms with Crippen LogP contribution in [0.3, 0.4) is 0 Å². The minimum atomic E-state index is -0.505. The van der Waals surface area contributed by atoms with Gasteiger partial charge in [0.25, 0.3) is 0 Å². The molecular formula is C14H16N4O2. The van der Waals surface area contributed by atoms with Gasteiger partial charge >= 0.3 is 6.09 Å². The summed E-state index contributed by atoms with van der Waals surface area (Å²) in [7, 11) is 0. The Hall–Kier alpha value is -2.63. The molecule has 2 rings (SSSR count). The molecular weight excluding hydrogens is 256 g/mol. The van der Waals surface area contributed by atoms with Crippen LogP contribution in [0.2, 0.25) is 0 Å². The summed E-state index contributed by atoms with van der Waals surface area (Å²) in [5.74, 6) is 0.451. The van der Waals surface area contributed by atoms with Gasteiger partial charge in [-0.2, -0.15) is 0 Å². The molecule has 6 heteroatoms.